The number of nitrogens with zero attached hydrogens (tertiary/aromatic N) is 3. The van der Waals surface area contributed by atoms with Gasteiger partial charge in [0.05, 0.1) is 23.0 Å². The van der Waals surface area contributed by atoms with Gasteiger partial charge in [-0.1, -0.05) is 17.7 Å². The molecule has 0 saturated carbocycles. The molecule has 0 spiro atoms. The van der Waals surface area contributed by atoms with E-state index in [1.54, 1.807) is 12.4 Å². The second-order valence-corrected chi connectivity index (χ2v) is 4.72. The molecule has 6 heteroatoms. The van der Waals surface area contributed by atoms with Crippen LogP contribution in [0.5, 0.6) is 0 Å². The smallest absolute Gasteiger partial charge is 0.0834 e. The lowest BCUT2D eigenvalue weighted by Gasteiger charge is -2.17. The average molecular weight is 280 g/mol. The van der Waals surface area contributed by atoms with Crippen LogP contribution in [0.25, 0.3) is 0 Å². The minimum absolute atomic E-state index is 0.0184. The Morgan fingerprint density at radius 3 is 2.95 bits per heavy atom. The first-order chi connectivity index (χ1) is 9.26. The topological polar surface area (TPSA) is 68.8 Å². The molecule has 1 atom stereocenters. The molecule has 19 heavy (non-hydrogen) atoms. The van der Waals surface area contributed by atoms with Crippen molar-refractivity contribution in [3.63, 3.8) is 0 Å². The fraction of sp³-hybridized carbons (Fsp3) is 0.385. The molecule has 0 radical (unpaired) electrons. The minimum atomic E-state index is -0.0184. The van der Waals surface area contributed by atoms with E-state index in [1.807, 2.05) is 23.9 Å². The van der Waals surface area contributed by atoms with E-state index in [2.05, 4.69) is 21.6 Å². The van der Waals surface area contributed by atoms with Crippen LogP contribution in [0.2, 0.25) is 5.02 Å². The van der Waals surface area contributed by atoms with E-state index in [-0.39, 0.29) is 6.04 Å². The summed E-state index contributed by atoms with van der Waals surface area (Å²) in [5.74, 6) is 5.66. The largest absolute Gasteiger partial charge is 0.271 e. The summed E-state index contributed by atoms with van der Waals surface area (Å²) < 4.78 is 1.87. The van der Waals surface area contributed by atoms with Crippen LogP contribution in [0.15, 0.2) is 30.7 Å². The zero-order chi connectivity index (χ0) is 13.7. The van der Waals surface area contributed by atoms with Crippen LogP contribution in [-0.4, -0.2) is 14.8 Å². The van der Waals surface area contributed by atoms with Crippen LogP contribution in [-0.2, 0) is 13.0 Å². The first-order valence-electron chi connectivity index (χ1n) is 6.32. The van der Waals surface area contributed by atoms with Crippen LogP contribution in [0.3, 0.4) is 0 Å². The molecule has 0 aliphatic rings. The third-order valence-electron chi connectivity index (χ3n) is 3.11. The first-order valence-corrected chi connectivity index (χ1v) is 6.70. The van der Waals surface area contributed by atoms with E-state index >= 15 is 0 Å². The van der Waals surface area contributed by atoms with Gasteiger partial charge in [-0.25, -0.2) is 0 Å². The Labute approximate surface area is 117 Å². The number of hydrogen-bond donors (Lipinski definition) is 2. The Morgan fingerprint density at radius 2 is 2.32 bits per heavy atom. The number of aromatic nitrogens is 3. The number of hydrogen-bond acceptors (Lipinski definition) is 4. The molecule has 0 bridgehead atoms. The zero-order valence-corrected chi connectivity index (χ0v) is 11.6. The highest BCUT2D eigenvalue weighted by Crippen LogP contribution is 2.25. The van der Waals surface area contributed by atoms with Crippen LogP contribution in [0, 0.1) is 0 Å². The Morgan fingerprint density at radius 1 is 1.47 bits per heavy atom. The van der Waals surface area contributed by atoms with Crippen molar-refractivity contribution >= 4 is 11.6 Å². The predicted octanol–water partition coefficient (Wildman–Crippen LogP) is 2.09. The summed E-state index contributed by atoms with van der Waals surface area (Å²) in [5.41, 5.74) is 4.95. The third-order valence-corrected chi connectivity index (χ3v) is 3.40. The molecular weight excluding hydrogens is 262 g/mol. The van der Waals surface area contributed by atoms with E-state index in [9.17, 15) is 0 Å². The Kier molecular flexibility index (Phi) is 4.90. The van der Waals surface area contributed by atoms with Crippen LogP contribution < -0.4 is 11.3 Å². The Balaban J connectivity index is 2.10. The van der Waals surface area contributed by atoms with Crippen LogP contribution >= 0.6 is 11.6 Å². The summed E-state index contributed by atoms with van der Waals surface area (Å²) >= 11 is 6.19. The average Bonchev–Trinajstić information content (AvgIpc) is 2.82. The van der Waals surface area contributed by atoms with Gasteiger partial charge in [-0.05, 0) is 31.4 Å². The second-order valence-electron chi connectivity index (χ2n) is 4.31. The molecule has 0 amide bonds. The number of rotatable bonds is 6. The van der Waals surface area contributed by atoms with Gasteiger partial charge in [0.15, 0.2) is 0 Å². The van der Waals surface area contributed by atoms with Gasteiger partial charge in [0.1, 0.15) is 0 Å². The van der Waals surface area contributed by atoms with Gasteiger partial charge in [-0.2, -0.15) is 5.10 Å². The van der Waals surface area contributed by atoms with Crippen molar-refractivity contribution in [1.29, 1.82) is 0 Å². The van der Waals surface area contributed by atoms with Gasteiger partial charge in [-0.15, -0.1) is 0 Å². The van der Waals surface area contributed by atoms with Crippen LogP contribution in [0.4, 0.5) is 0 Å². The number of halogens is 1. The summed E-state index contributed by atoms with van der Waals surface area (Å²) in [6.45, 7) is 2.80. The highest BCUT2D eigenvalue weighted by molar-refractivity contribution is 6.31. The number of hydrazine groups is 1. The molecule has 102 valence electrons. The van der Waals surface area contributed by atoms with E-state index < -0.39 is 0 Å². The molecule has 0 aliphatic heterocycles. The highest BCUT2D eigenvalue weighted by Gasteiger charge is 2.18. The monoisotopic (exact) mass is 279 g/mol. The molecule has 1 unspecified atom stereocenters. The fourth-order valence-electron chi connectivity index (χ4n) is 2.13. The lowest BCUT2D eigenvalue weighted by molar-refractivity contribution is 0.467. The lowest BCUT2D eigenvalue weighted by atomic mass is 10.0. The maximum Gasteiger partial charge on any atom is 0.0834 e. The molecule has 2 aromatic heterocycles. The molecule has 3 N–H and O–H groups in total. The first kappa shape index (κ1) is 14.0. The highest BCUT2D eigenvalue weighted by atomic mass is 35.5. The number of nitrogens with one attached hydrogen (secondary N) is 1. The van der Waals surface area contributed by atoms with E-state index in [0.717, 1.165) is 25.1 Å². The van der Waals surface area contributed by atoms with Gasteiger partial charge < -0.3 is 0 Å². The van der Waals surface area contributed by atoms with Crippen molar-refractivity contribution < 1.29 is 0 Å². The summed E-state index contributed by atoms with van der Waals surface area (Å²) in [6.07, 6.45) is 7.02. The van der Waals surface area contributed by atoms with Crippen molar-refractivity contribution in [2.24, 2.45) is 5.84 Å². The normalized spacial score (nSPS) is 12.6. The van der Waals surface area contributed by atoms with Crippen molar-refractivity contribution in [2.75, 3.05) is 0 Å². The van der Waals surface area contributed by atoms with Crippen LogP contribution in [0.1, 0.15) is 30.6 Å². The third kappa shape index (κ3) is 3.32. The second kappa shape index (κ2) is 6.65. The van der Waals surface area contributed by atoms with Gasteiger partial charge in [0, 0.05) is 18.9 Å². The van der Waals surface area contributed by atoms with E-state index in [1.165, 1.54) is 5.56 Å². The minimum Gasteiger partial charge on any atom is -0.271 e. The SMILES string of the molecule is CCn1ncc(Cl)c1C(CCc1cccnc1)NN. The molecule has 0 aromatic carbocycles. The molecule has 2 heterocycles. The number of nitrogens with two attached hydrogens (primary N) is 1. The molecule has 0 aliphatic carbocycles. The Bertz CT molecular complexity index is 511. The maximum absolute atomic E-state index is 6.19. The molecular formula is C13H18ClN5. The molecule has 0 saturated heterocycles. The fourth-order valence-corrected chi connectivity index (χ4v) is 2.40. The van der Waals surface area contributed by atoms with E-state index in [0.29, 0.717) is 5.02 Å². The maximum atomic E-state index is 6.19. The number of aryl methyl sites for hydroxylation is 2. The molecule has 2 rings (SSSR count). The van der Waals surface area contributed by atoms with Gasteiger partial charge in [-0.3, -0.25) is 20.9 Å². The quantitative estimate of drug-likeness (QED) is 0.628. The van der Waals surface area contributed by atoms with Crippen molar-refractivity contribution in [3.8, 4) is 0 Å². The zero-order valence-electron chi connectivity index (χ0n) is 10.9. The number of pyridine rings is 1. The van der Waals surface area contributed by atoms with Crippen molar-refractivity contribution in [1.82, 2.24) is 20.2 Å². The predicted molar refractivity (Wildman–Crippen MR) is 75.5 cm³/mol. The van der Waals surface area contributed by atoms with Gasteiger partial charge in [0.25, 0.3) is 0 Å². The van der Waals surface area contributed by atoms with Crippen molar-refractivity contribution in [2.45, 2.75) is 32.4 Å². The lowest BCUT2D eigenvalue weighted by Crippen LogP contribution is -2.30. The van der Waals surface area contributed by atoms with E-state index in [4.69, 9.17) is 17.4 Å². The Hall–Kier alpha value is -1.43. The summed E-state index contributed by atoms with van der Waals surface area (Å²) in [5, 5.41) is 4.88. The van der Waals surface area contributed by atoms with Gasteiger partial charge >= 0.3 is 0 Å². The standard InChI is InChI=1S/C13H18ClN5/c1-2-19-13(11(14)9-17-19)12(18-15)6-5-10-4-3-7-16-8-10/h3-4,7-9,12,18H,2,5-6,15H2,1H3. The van der Waals surface area contributed by atoms with Gasteiger partial charge in [0.2, 0.25) is 0 Å². The molecule has 5 nitrogen and oxygen atoms in total. The molecule has 0 fully saturated rings. The summed E-state index contributed by atoms with van der Waals surface area (Å²) in [7, 11) is 0. The van der Waals surface area contributed by atoms with Crippen molar-refractivity contribution in [3.05, 3.63) is 47.0 Å². The summed E-state index contributed by atoms with van der Waals surface area (Å²) in [6, 6.07) is 3.97. The molecule has 2 aromatic rings. The summed E-state index contributed by atoms with van der Waals surface area (Å²) in [4.78, 5) is 4.11.